The van der Waals surface area contributed by atoms with Gasteiger partial charge in [0, 0.05) is 11.8 Å². The summed E-state index contributed by atoms with van der Waals surface area (Å²) < 4.78 is 0. The molecule has 1 heterocycles. The van der Waals surface area contributed by atoms with Crippen LogP contribution in [0.1, 0.15) is 29.2 Å². The fourth-order valence-electron chi connectivity index (χ4n) is 1.23. The summed E-state index contributed by atoms with van der Waals surface area (Å²) in [6, 6.07) is 4.55. The molecule has 0 spiro atoms. The zero-order chi connectivity index (χ0) is 12.8. The number of hydrogen-bond donors (Lipinski definition) is 2. The molecule has 0 amide bonds. The van der Waals surface area contributed by atoms with E-state index in [9.17, 15) is 15.0 Å². The van der Waals surface area contributed by atoms with E-state index in [0.717, 1.165) is 0 Å². The summed E-state index contributed by atoms with van der Waals surface area (Å²) in [4.78, 5) is 17.5. The van der Waals surface area contributed by atoms with Crippen LogP contribution in [0.5, 0.6) is 0 Å². The largest absolute Gasteiger partial charge is 0.390 e. The van der Waals surface area contributed by atoms with Gasteiger partial charge in [-0.25, -0.2) is 4.98 Å². The van der Waals surface area contributed by atoms with Crippen molar-refractivity contribution in [1.82, 2.24) is 4.98 Å². The number of carbonyl (C=O) groups is 1. The molecule has 90 valence electrons. The Balaban J connectivity index is 2.87. The molecule has 0 aliphatic heterocycles. The number of azide groups is 1. The second-order valence-electron chi connectivity index (χ2n) is 3.43. The molecule has 0 aliphatic rings. The van der Waals surface area contributed by atoms with Crippen molar-refractivity contribution >= 4 is 5.78 Å². The SMILES string of the molecule is CC(=O)c1cccc(C(O)C(O)CN=[N+]=[N-])n1. The van der Waals surface area contributed by atoms with Crippen LogP contribution in [0.25, 0.3) is 10.4 Å². The predicted octanol–water partition coefficient (Wildman–Crippen LogP) is 0.989. The van der Waals surface area contributed by atoms with E-state index in [0.29, 0.717) is 0 Å². The Labute approximate surface area is 97.4 Å². The Bertz CT molecular complexity index is 457. The first-order valence-corrected chi connectivity index (χ1v) is 4.91. The molecule has 0 bridgehead atoms. The van der Waals surface area contributed by atoms with Crippen LogP contribution in [0, 0.1) is 0 Å². The maximum atomic E-state index is 11.1. The minimum atomic E-state index is -1.29. The molecule has 0 saturated heterocycles. The fraction of sp³-hybridized carbons (Fsp3) is 0.400. The Kier molecular flexibility index (Phi) is 4.59. The van der Waals surface area contributed by atoms with Gasteiger partial charge in [-0.15, -0.1) is 0 Å². The Hall–Kier alpha value is -1.95. The van der Waals surface area contributed by atoms with Crippen molar-refractivity contribution in [2.24, 2.45) is 5.11 Å². The second-order valence-corrected chi connectivity index (χ2v) is 3.43. The predicted molar refractivity (Wildman–Crippen MR) is 59.2 cm³/mol. The number of ketones is 1. The third-order valence-corrected chi connectivity index (χ3v) is 2.13. The lowest BCUT2D eigenvalue weighted by molar-refractivity contribution is 0.0217. The zero-order valence-corrected chi connectivity index (χ0v) is 9.19. The van der Waals surface area contributed by atoms with Gasteiger partial charge in [0.2, 0.25) is 0 Å². The Morgan fingerprint density at radius 1 is 1.59 bits per heavy atom. The van der Waals surface area contributed by atoms with E-state index in [4.69, 9.17) is 5.53 Å². The number of rotatable bonds is 5. The summed E-state index contributed by atoms with van der Waals surface area (Å²) in [5.41, 5.74) is 8.46. The average molecular weight is 236 g/mol. The molecule has 17 heavy (non-hydrogen) atoms. The van der Waals surface area contributed by atoms with E-state index in [1.54, 1.807) is 6.07 Å². The number of pyridine rings is 1. The molecule has 2 atom stereocenters. The lowest BCUT2D eigenvalue weighted by Gasteiger charge is -2.15. The van der Waals surface area contributed by atoms with Crippen LogP contribution in [0.15, 0.2) is 23.3 Å². The first-order chi connectivity index (χ1) is 8.06. The maximum absolute atomic E-state index is 11.1. The van der Waals surface area contributed by atoms with E-state index in [2.05, 4.69) is 15.0 Å². The molecule has 1 aromatic heterocycles. The van der Waals surface area contributed by atoms with Crippen LogP contribution in [0.3, 0.4) is 0 Å². The highest BCUT2D eigenvalue weighted by Gasteiger charge is 2.19. The molecule has 7 heteroatoms. The number of aliphatic hydroxyl groups is 2. The van der Waals surface area contributed by atoms with Gasteiger partial charge in [0.15, 0.2) is 5.78 Å². The van der Waals surface area contributed by atoms with Crippen molar-refractivity contribution in [2.45, 2.75) is 19.1 Å². The van der Waals surface area contributed by atoms with Crippen molar-refractivity contribution in [2.75, 3.05) is 6.54 Å². The summed E-state index contributed by atoms with van der Waals surface area (Å²) in [6.45, 7) is 1.10. The molecule has 0 fully saturated rings. The first kappa shape index (κ1) is 13.1. The molecular weight excluding hydrogens is 224 g/mol. The number of aromatic nitrogens is 1. The van der Waals surface area contributed by atoms with E-state index >= 15 is 0 Å². The van der Waals surface area contributed by atoms with Gasteiger partial charge in [-0.3, -0.25) is 4.79 Å². The third kappa shape index (κ3) is 3.53. The number of Topliss-reactive ketones (excluding diaryl/α,β-unsaturated/α-hetero) is 1. The number of hydrogen-bond acceptors (Lipinski definition) is 5. The molecular formula is C10H12N4O3. The van der Waals surface area contributed by atoms with Crippen molar-refractivity contribution < 1.29 is 15.0 Å². The highest BCUT2D eigenvalue weighted by molar-refractivity contribution is 5.92. The van der Waals surface area contributed by atoms with Gasteiger partial charge in [0.25, 0.3) is 0 Å². The van der Waals surface area contributed by atoms with Gasteiger partial charge in [-0.05, 0) is 17.7 Å². The minimum absolute atomic E-state index is 0.165. The van der Waals surface area contributed by atoms with E-state index in [1.165, 1.54) is 19.1 Å². The van der Waals surface area contributed by atoms with E-state index < -0.39 is 12.2 Å². The summed E-state index contributed by atoms with van der Waals surface area (Å²) >= 11 is 0. The number of nitrogens with zero attached hydrogens (tertiary/aromatic N) is 4. The summed E-state index contributed by atoms with van der Waals surface area (Å²) in [5, 5.41) is 22.4. The lowest BCUT2D eigenvalue weighted by Crippen LogP contribution is -2.22. The number of aliphatic hydroxyl groups excluding tert-OH is 2. The van der Waals surface area contributed by atoms with Crippen LogP contribution >= 0.6 is 0 Å². The quantitative estimate of drug-likeness (QED) is 0.343. The molecule has 0 aliphatic carbocycles. The summed E-state index contributed by atoms with van der Waals surface area (Å²) in [7, 11) is 0. The molecule has 2 unspecified atom stereocenters. The molecule has 0 radical (unpaired) electrons. The first-order valence-electron chi connectivity index (χ1n) is 4.91. The van der Waals surface area contributed by atoms with Crippen LogP contribution < -0.4 is 0 Å². The molecule has 2 N–H and O–H groups in total. The van der Waals surface area contributed by atoms with Crippen LogP contribution in [-0.4, -0.2) is 33.6 Å². The third-order valence-electron chi connectivity index (χ3n) is 2.13. The van der Waals surface area contributed by atoms with Gasteiger partial charge in [-0.2, -0.15) is 0 Å². The molecule has 1 aromatic rings. The van der Waals surface area contributed by atoms with Gasteiger partial charge in [-0.1, -0.05) is 11.2 Å². The van der Waals surface area contributed by atoms with Gasteiger partial charge < -0.3 is 10.2 Å². The van der Waals surface area contributed by atoms with E-state index in [-0.39, 0.29) is 23.7 Å². The van der Waals surface area contributed by atoms with Gasteiger partial charge >= 0.3 is 0 Å². The highest BCUT2D eigenvalue weighted by Crippen LogP contribution is 2.15. The van der Waals surface area contributed by atoms with Crippen LogP contribution in [0.4, 0.5) is 0 Å². The zero-order valence-electron chi connectivity index (χ0n) is 9.19. The van der Waals surface area contributed by atoms with Gasteiger partial charge in [0.05, 0.1) is 18.3 Å². The Morgan fingerprint density at radius 3 is 2.88 bits per heavy atom. The fourth-order valence-corrected chi connectivity index (χ4v) is 1.23. The lowest BCUT2D eigenvalue weighted by atomic mass is 10.1. The van der Waals surface area contributed by atoms with Crippen molar-refractivity contribution in [1.29, 1.82) is 0 Å². The summed E-state index contributed by atoms with van der Waals surface area (Å²) in [5.74, 6) is -0.233. The molecule has 0 saturated carbocycles. The Morgan fingerprint density at radius 2 is 2.29 bits per heavy atom. The van der Waals surface area contributed by atoms with Crippen LogP contribution in [-0.2, 0) is 0 Å². The monoisotopic (exact) mass is 236 g/mol. The standard InChI is InChI=1S/C10H12N4O3/c1-6(15)7-3-2-4-8(13-7)10(17)9(16)5-12-14-11/h2-4,9-10,16-17H,5H2,1H3. The molecule has 1 rings (SSSR count). The van der Waals surface area contributed by atoms with Crippen molar-refractivity contribution in [3.63, 3.8) is 0 Å². The second kappa shape index (κ2) is 5.95. The topological polar surface area (TPSA) is 119 Å². The average Bonchev–Trinajstić information content (AvgIpc) is 2.35. The normalized spacial score (nSPS) is 13.6. The smallest absolute Gasteiger partial charge is 0.178 e. The van der Waals surface area contributed by atoms with Crippen molar-refractivity contribution in [3.8, 4) is 0 Å². The highest BCUT2D eigenvalue weighted by atomic mass is 16.3. The minimum Gasteiger partial charge on any atom is -0.390 e. The van der Waals surface area contributed by atoms with Crippen molar-refractivity contribution in [3.05, 3.63) is 40.0 Å². The van der Waals surface area contributed by atoms with E-state index in [1.807, 2.05) is 0 Å². The molecule has 0 aromatic carbocycles. The number of carbonyl (C=O) groups excluding carboxylic acids is 1. The summed E-state index contributed by atoms with van der Waals surface area (Å²) in [6.07, 6.45) is -2.54. The van der Waals surface area contributed by atoms with Crippen LogP contribution in [0.2, 0.25) is 0 Å². The van der Waals surface area contributed by atoms with Gasteiger partial charge in [0.1, 0.15) is 11.8 Å². The molecule has 7 nitrogen and oxygen atoms in total. The maximum Gasteiger partial charge on any atom is 0.178 e.